The summed E-state index contributed by atoms with van der Waals surface area (Å²) in [5.74, 6) is 0.186. The van der Waals surface area contributed by atoms with Gasteiger partial charge in [0.15, 0.2) is 0 Å². The van der Waals surface area contributed by atoms with Gasteiger partial charge in [-0.1, -0.05) is 0 Å². The zero-order valence-electron chi connectivity index (χ0n) is 11.6. The van der Waals surface area contributed by atoms with Gasteiger partial charge in [0.1, 0.15) is 11.6 Å². The summed E-state index contributed by atoms with van der Waals surface area (Å²) >= 11 is 0. The molecular formula is C14H21FN2O2. The zero-order valence-corrected chi connectivity index (χ0v) is 11.6. The van der Waals surface area contributed by atoms with E-state index in [4.69, 9.17) is 4.74 Å². The van der Waals surface area contributed by atoms with E-state index in [9.17, 15) is 9.18 Å². The Kier molecular flexibility index (Phi) is 6.29. The van der Waals surface area contributed by atoms with Gasteiger partial charge in [-0.25, -0.2) is 4.39 Å². The second-order valence-corrected chi connectivity index (χ2v) is 4.38. The summed E-state index contributed by atoms with van der Waals surface area (Å²) in [7, 11) is 3.37. The van der Waals surface area contributed by atoms with E-state index in [0.29, 0.717) is 17.7 Å². The lowest BCUT2D eigenvalue weighted by Gasteiger charge is -2.17. The molecule has 1 aromatic rings. The number of amides is 1. The number of halogens is 1. The fraction of sp³-hybridized carbons (Fsp3) is 0.500. The van der Waals surface area contributed by atoms with E-state index in [1.165, 1.54) is 19.2 Å². The van der Waals surface area contributed by atoms with Gasteiger partial charge in [0.25, 0.3) is 0 Å². The molecule has 0 aliphatic rings. The van der Waals surface area contributed by atoms with Crippen LogP contribution in [0.4, 0.5) is 4.39 Å². The number of methoxy groups -OCH3 is 1. The third kappa shape index (κ3) is 4.87. The highest BCUT2D eigenvalue weighted by molar-refractivity contribution is 5.76. The summed E-state index contributed by atoms with van der Waals surface area (Å²) in [5.41, 5.74) is 0.643. The van der Waals surface area contributed by atoms with Crippen molar-refractivity contribution < 1.29 is 13.9 Å². The van der Waals surface area contributed by atoms with Gasteiger partial charge < -0.3 is 15.4 Å². The maximum Gasteiger partial charge on any atom is 0.220 e. The molecule has 1 amide bonds. The highest BCUT2D eigenvalue weighted by Gasteiger charge is 2.14. The molecule has 0 radical (unpaired) electrons. The van der Waals surface area contributed by atoms with Gasteiger partial charge in [-0.05, 0) is 45.1 Å². The van der Waals surface area contributed by atoms with Gasteiger partial charge >= 0.3 is 0 Å². The molecule has 0 bridgehead atoms. The molecule has 0 spiro atoms. The molecular weight excluding hydrogens is 247 g/mol. The van der Waals surface area contributed by atoms with Gasteiger partial charge in [-0.15, -0.1) is 0 Å². The number of carbonyl (C=O) groups is 1. The lowest BCUT2D eigenvalue weighted by molar-refractivity contribution is -0.121. The molecule has 1 aromatic carbocycles. The van der Waals surface area contributed by atoms with Crippen molar-refractivity contribution >= 4 is 5.91 Å². The summed E-state index contributed by atoms with van der Waals surface area (Å²) in [4.78, 5) is 11.7. The molecule has 2 N–H and O–H groups in total. The van der Waals surface area contributed by atoms with Gasteiger partial charge in [0, 0.05) is 12.0 Å². The Balaban J connectivity index is 2.64. The number of hydrogen-bond donors (Lipinski definition) is 2. The first kappa shape index (κ1) is 15.4. The van der Waals surface area contributed by atoms with Crippen LogP contribution in [0.3, 0.4) is 0 Å². The number of carbonyl (C=O) groups excluding carboxylic acids is 1. The predicted octanol–water partition coefficient (Wildman–Crippen LogP) is 2.01. The number of ether oxygens (including phenoxy) is 1. The van der Waals surface area contributed by atoms with Crippen LogP contribution in [0.5, 0.6) is 5.75 Å². The molecule has 0 aliphatic heterocycles. The first-order chi connectivity index (χ1) is 9.08. The Labute approximate surface area is 113 Å². The number of benzene rings is 1. The smallest absolute Gasteiger partial charge is 0.220 e. The Morgan fingerprint density at radius 1 is 1.47 bits per heavy atom. The molecule has 4 nitrogen and oxygen atoms in total. The average Bonchev–Trinajstić information content (AvgIpc) is 2.39. The Morgan fingerprint density at radius 2 is 2.21 bits per heavy atom. The lowest BCUT2D eigenvalue weighted by atomic mass is 10.1. The van der Waals surface area contributed by atoms with Crippen LogP contribution in [0.15, 0.2) is 18.2 Å². The minimum Gasteiger partial charge on any atom is -0.496 e. The second-order valence-electron chi connectivity index (χ2n) is 4.38. The van der Waals surface area contributed by atoms with E-state index in [0.717, 1.165) is 13.0 Å². The Hall–Kier alpha value is -1.62. The first-order valence-corrected chi connectivity index (χ1v) is 6.36. The summed E-state index contributed by atoms with van der Waals surface area (Å²) in [6.07, 6.45) is 1.22. The first-order valence-electron chi connectivity index (χ1n) is 6.36. The highest BCUT2D eigenvalue weighted by atomic mass is 19.1. The molecule has 1 atom stereocenters. The van der Waals surface area contributed by atoms with Crippen LogP contribution in [-0.4, -0.2) is 26.6 Å². The highest BCUT2D eigenvalue weighted by Crippen LogP contribution is 2.25. The molecule has 106 valence electrons. The molecule has 0 aromatic heterocycles. The van der Waals surface area contributed by atoms with Crippen molar-refractivity contribution in [3.05, 3.63) is 29.6 Å². The molecule has 0 saturated carbocycles. The van der Waals surface area contributed by atoms with Crippen molar-refractivity contribution in [2.75, 3.05) is 20.7 Å². The minimum absolute atomic E-state index is 0.0472. The Bertz CT molecular complexity index is 424. The average molecular weight is 268 g/mol. The van der Waals surface area contributed by atoms with Crippen molar-refractivity contribution in [3.63, 3.8) is 0 Å². The fourth-order valence-electron chi connectivity index (χ4n) is 1.86. The van der Waals surface area contributed by atoms with Crippen molar-refractivity contribution in [2.24, 2.45) is 0 Å². The van der Waals surface area contributed by atoms with E-state index in [-0.39, 0.29) is 17.8 Å². The van der Waals surface area contributed by atoms with Crippen LogP contribution in [0.2, 0.25) is 0 Å². The summed E-state index contributed by atoms with van der Waals surface area (Å²) in [6.45, 7) is 2.61. The molecule has 19 heavy (non-hydrogen) atoms. The Morgan fingerprint density at radius 3 is 2.84 bits per heavy atom. The number of nitrogens with one attached hydrogen (secondary N) is 2. The normalized spacial score (nSPS) is 12.0. The second kappa shape index (κ2) is 7.74. The van der Waals surface area contributed by atoms with Crippen LogP contribution in [0, 0.1) is 5.82 Å². The van der Waals surface area contributed by atoms with Crippen LogP contribution in [0.1, 0.15) is 31.4 Å². The predicted molar refractivity (Wildman–Crippen MR) is 72.7 cm³/mol. The summed E-state index contributed by atoms with van der Waals surface area (Å²) < 4.78 is 18.4. The summed E-state index contributed by atoms with van der Waals surface area (Å²) in [5, 5.41) is 5.83. The van der Waals surface area contributed by atoms with Crippen LogP contribution >= 0.6 is 0 Å². The van der Waals surface area contributed by atoms with E-state index in [1.54, 1.807) is 6.07 Å². The minimum atomic E-state index is -0.341. The molecule has 1 rings (SSSR count). The topological polar surface area (TPSA) is 50.4 Å². The molecule has 0 fully saturated rings. The molecule has 0 heterocycles. The van der Waals surface area contributed by atoms with Crippen LogP contribution in [0.25, 0.3) is 0 Å². The van der Waals surface area contributed by atoms with Crippen molar-refractivity contribution in [1.82, 2.24) is 10.6 Å². The van der Waals surface area contributed by atoms with Gasteiger partial charge in [-0.3, -0.25) is 4.79 Å². The van der Waals surface area contributed by atoms with E-state index in [2.05, 4.69) is 10.6 Å². The monoisotopic (exact) mass is 268 g/mol. The molecule has 1 unspecified atom stereocenters. The standard InChI is InChI=1S/C14H21FN2O2/c1-10(17-14(18)5-4-8-16-2)12-9-11(15)6-7-13(12)19-3/h6-7,9-10,16H,4-5,8H2,1-3H3,(H,17,18). The quantitative estimate of drug-likeness (QED) is 0.744. The lowest BCUT2D eigenvalue weighted by Crippen LogP contribution is -2.27. The third-order valence-electron chi connectivity index (χ3n) is 2.87. The largest absolute Gasteiger partial charge is 0.496 e. The van der Waals surface area contributed by atoms with E-state index >= 15 is 0 Å². The van der Waals surface area contributed by atoms with Crippen LogP contribution in [-0.2, 0) is 4.79 Å². The SMILES string of the molecule is CNCCCC(=O)NC(C)c1cc(F)ccc1OC. The maximum absolute atomic E-state index is 13.3. The number of hydrogen-bond acceptors (Lipinski definition) is 3. The maximum atomic E-state index is 13.3. The number of rotatable bonds is 7. The van der Waals surface area contributed by atoms with Crippen molar-refractivity contribution in [2.45, 2.75) is 25.8 Å². The fourth-order valence-corrected chi connectivity index (χ4v) is 1.86. The third-order valence-corrected chi connectivity index (χ3v) is 2.87. The van der Waals surface area contributed by atoms with Crippen LogP contribution < -0.4 is 15.4 Å². The van der Waals surface area contributed by atoms with E-state index in [1.807, 2.05) is 14.0 Å². The molecule has 0 saturated heterocycles. The van der Waals surface area contributed by atoms with Gasteiger partial charge in [-0.2, -0.15) is 0 Å². The molecule has 0 aliphatic carbocycles. The van der Waals surface area contributed by atoms with E-state index < -0.39 is 0 Å². The van der Waals surface area contributed by atoms with Crippen molar-refractivity contribution in [3.8, 4) is 5.75 Å². The summed E-state index contributed by atoms with van der Waals surface area (Å²) in [6, 6.07) is 4.00. The van der Waals surface area contributed by atoms with Crippen molar-refractivity contribution in [1.29, 1.82) is 0 Å². The van der Waals surface area contributed by atoms with Gasteiger partial charge in [0.05, 0.1) is 13.2 Å². The van der Waals surface area contributed by atoms with Gasteiger partial charge in [0.2, 0.25) is 5.91 Å². The zero-order chi connectivity index (χ0) is 14.3. The molecule has 5 heteroatoms.